The topological polar surface area (TPSA) is 53.8 Å². The van der Waals surface area contributed by atoms with Crippen molar-refractivity contribution in [1.29, 1.82) is 5.26 Å². The average Bonchev–Trinajstić information content (AvgIpc) is 2.16. The number of hydrogen-bond donors (Lipinski definition) is 0. The number of aromatic nitrogens is 1. The maximum atomic E-state index is 12.2. The number of rotatable bonds is 2. The van der Waals surface area contributed by atoms with Crippen molar-refractivity contribution in [2.45, 2.75) is 6.43 Å². The van der Waals surface area contributed by atoms with Crippen molar-refractivity contribution < 1.29 is 13.6 Å². The van der Waals surface area contributed by atoms with E-state index in [0.29, 0.717) is 6.29 Å². The van der Waals surface area contributed by atoms with Crippen LogP contribution in [0.4, 0.5) is 8.78 Å². The van der Waals surface area contributed by atoms with Crippen LogP contribution in [0.3, 0.4) is 0 Å². The van der Waals surface area contributed by atoms with Crippen LogP contribution in [-0.4, -0.2) is 11.3 Å². The Hall–Kier alpha value is -1.54. The molecule has 1 aromatic rings. The minimum atomic E-state index is -2.87. The van der Waals surface area contributed by atoms with Crippen LogP contribution in [-0.2, 0) is 0 Å². The van der Waals surface area contributed by atoms with Gasteiger partial charge in [0.15, 0.2) is 6.29 Å². The fourth-order valence-corrected chi connectivity index (χ4v) is 1.15. The quantitative estimate of drug-likeness (QED) is 0.713. The lowest BCUT2D eigenvalue weighted by Gasteiger charge is -2.04. The predicted molar refractivity (Wildman–Crippen MR) is 44.3 cm³/mol. The second-order valence-electron chi connectivity index (χ2n) is 2.32. The molecule has 0 fully saturated rings. The normalized spacial score (nSPS) is 9.93. The van der Waals surface area contributed by atoms with Gasteiger partial charge in [0.2, 0.25) is 0 Å². The lowest BCUT2D eigenvalue weighted by atomic mass is 10.1. The Morgan fingerprint density at radius 2 is 2.29 bits per heavy atom. The number of alkyl halides is 2. The highest BCUT2D eigenvalue weighted by Gasteiger charge is 2.19. The van der Waals surface area contributed by atoms with Crippen molar-refractivity contribution in [3.8, 4) is 6.07 Å². The van der Waals surface area contributed by atoms with Gasteiger partial charge in [-0.2, -0.15) is 5.26 Å². The molecule has 1 rings (SSSR count). The molecular formula is C8H3ClF2N2O. The Morgan fingerprint density at radius 3 is 2.71 bits per heavy atom. The van der Waals surface area contributed by atoms with Gasteiger partial charge in [0.05, 0.1) is 16.1 Å². The highest BCUT2D eigenvalue weighted by atomic mass is 35.5. The van der Waals surface area contributed by atoms with Crippen LogP contribution in [0.2, 0.25) is 5.02 Å². The van der Waals surface area contributed by atoms with Gasteiger partial charge in [0.25, 0.3) is 6.43 Å². The third-order valence-electron chi connectivity index (χ3n) is 1.52. The van der Waals surface area contributed by atoms with Crippen molar-refractivity contribution in [3.05, 3.63) is 28.0 Å². The summed E-state index contributed by atoms with van der Waals surface area (Å²) in [6, 6.07) is 1.57. The SMILES string of the molecule is N#Cc1c(C=O)cnc(C(F)F)c1Cl. The van der Waals surface area contributed by atoms with Gasteiger partial charge in [-0.05, 0) is 0 Å². The first-order chi connectivity index (χ1) is 6.61. The smallest absolute Gasteiger partial charge is 0.281 e. The number of nitriles is 1. The molecule has 6 heteroatoms. The molecule has 0 spiro atoms. The number of nitrogens with zero attached hydrogens (tertiary/aromatic N) is 2. The Morgan fingerprint density at radius 1 is 1.64 bits per heavy atom. The van der Waals surface area contributed by atoms with Gasteiger partial charge in [-0.25, -0.2) is 8.78 Å². The standard InChI is InChI=1S/C8H3ClF2N2O/c9-6-5(1-12)4(3-14)2-13-7(6)8(10)11/h2-3,8H. The van der Waals surface area contributed by atoms with Gasteiger partial charge < -0.3 is 0 Å². The Bertz CT molecular complexity index is 415. The highest BCUT2D eigenvalue weighted by molar-refractivity contribution is 6.32. The zero-order chi connectivity index (χ0) is 10.7. The van der Waals surface area contributed by atoms with Gasteiger partial charge in [-0.3, -0.25) is 9.78 Å². The highest BCUT2D eigenvalue weighted by Crippen LogP contribution is 2.28. The molecule has 0 atom stereocenters. The fourth-order valence-electron chi connectivity index (χ4n) is 0.870. The first-order valence-corrected chi connectivity index (χ1v) is 3.81. The van der Waals surface area contributed by atoms with E-state index in [2.05, 4.69) is 4.98 Å². The second-order valence-corrected chi connectivity index (χ2v) is 2.70. The predicted octanol–water partition coefficient (Wildman–Crippen LogP) is 2.36. The molecule has 0 aliphatic carbocycles. The minimum absolute atomic E-state index is 0.0955. The number of hydrogen-bond acceptors (Lipinski definition) is 3. The van der Waals surface area contributed by atoms with E-state index in [-0.39, 0.29) is 11.1 Å². The average molecular weight is 217 g/mol. The molecule has 0 unspecified atom stereocenters. The minimum Gasteiger partial charge on any atom is -0.298 e. The Labute approximate surface area is 82.9 Å². The first kappa shape index (κ1) is 10.5. The van der Waals surface area contributed by atoms with Gasteiger partial charge in [-0.1, -0.05) is 11.6 Å². The lowest BCUT2D eigenvalue weighted by molar-refractivity contribution is 0.112. The summed E-state index contributed by atoms with van der Waals surface area (Å²) < 4.78 is 24.5. The second kappa shape index (κ2) is 4.11. The van der Waals surface area contributed by atoms with Crippen molar-refractivity contribution in [3.63, 3.8) is 0 Å². The monoisotopic (exact) mass is 216 g/mol. The van der Waals surface area contributed by atoms with Crippen LogP contribution in [0.15, 0.2) is 6.20 Å². The largest absolute Gasteiger partial charge is 0.298 e. The van der Waals surface area contributed by atoms with Crippen LogP contribution in [0, 0.1) is 11.3 Å². The Kier molecular flexibility index (Phi) is 3.10. The molecule has 0 aliphatic heterocycles. The van der Waals surface area contributed by atoms with E-state index >= 15 is 0 Å². The van der Waals surface area contributed by atoms with E-state index in [1.165, 1.54) is 0 Å². The van der Waals surface area contributed by atoms with Crippen LogP contribution in [0.1, 0.15) is 28.0 Å². The van der Waals surface area contributed by atoms with Crippen LogP contribution >= 0.6 is 11.6 Å². The summed E-state index contributed by atoms with van der Waals surface area (Å²) in [7, 11) is 0. The Balaban J connectivity index is 3.44. The molecule has 72 valence electrons. The van der Waals surface area contributed by atoms with Crippen LogP contribution in [0.5, 0.6) is 0 Å². The van der Waals surface area contributed by atoms with E-state index in [9.17, 15) is 13.6 Å². The molecule has 1 aromatic heterocycles. The molecule has 0 aliphatic rings. The summed E-state index contributed by atoms with van der Waals surface area (Å²) in [4.78, 5) is 13.7. The summed E-state index contributed by atoms with van der Waals surface area (Å²) in [5, 5.41) is 8.10. The molecule has 0 amide bonds. The molecule has 0 radical (unpaired) electrons. The van der Waals surface area contributed by atoms with Crippen LogP contribution in [0.25, 0.3) is 0 Å². The van der Waals surface area contributed by atoms with E-state index in [4.69, 9.17) is 16.9 Å². The summed E-state index contributed by atoms with van der Waals surface area (Å²) in [5.74, 6) is 0. The van der Waals surface area contributed by atoms with Crippen molar-refractivity contribution in [2.24, 2.45) is 0 Å². The third kappa shape index (κ3) is 1.70. The number of carbonyl (C=O) groups is 1. The number of pyridine rings is 1. The summed E-state index contributed by atoms with van der Waals surface area (Å²) in [5.41, 5.74) is -1.05. The number of halogens is 3. The van der Waals surface area contributed by atoms with Gasteiger partial charge >= 0.3 is 0 Å². The van der Waals surface area contributed by atoms with E-state index < -0.39 is 17.1 Å². The molecule has 0 saturated carbocycles. The van der Waals surface area contributed by atoms with Crippen molar-refractivity contribution >= 4 is 17.9 Å². The van der Waals surface area contributed by atoms with E-state index in [0.717, 1.165) is 6.20 Å². The molecule has 3 nitrogen and oxygen atoms in total. The van der Waals surface area contributed by atoms with Gasteiger partial charge in [0.1, 0.15) is 11.8 Å². The molecule has 0 aromatic carbocycles. The summed E-state index contributed by atoms with van der Waals surface area (Å²) in [6.45, 7) is 0. The van der Waals surface area contributed by atoms with E-state index in [1.54, 1.807) is 6.07 Å². The van der Waals surface area contributed by atoms with Gasteiger partial charge in [-0.15, -0.1) is 0 Å². The zero-order valence-corrected chi connectivity index (χ0v) is 7.42. The molecule has 14 heavy (non-hydrogen) atoms. The lowest BCUT2D eigenvalue weighted by Crippen LogP contribution is -1.98. The van der Waals surface area contributed by atoms with Gasteiger partial charge in [0, 0.05) is 6.20 Å². The van der Waals surface area contributed by atoms with E-state index in [1.807, 2.05) is 0 Å². The third-order valence-corrected chi connectivity index (χ3v) is 1.90. The van der Waals surface area contributed by atoms with Crippen LogP contribution < -0.4 is 0 Å². The maximum Gasteiger partial charge on any atom is 0.281 e. The maximum absolute atomic E-state index is 12.2. The van der Waals surface area contributed by atoms with Crippen molar-refractivity contribution in [2.75, 3.05) is 0 Å². The number of carbonyl (C=O) groups excluding carboxylic acids is 1. The molecule has 0 N–H and O–H groups in total. The number of aldehydes is 1. The zero-order valence-electron chi connectivity index (χ0n) is 6.67. The fraction of sp³-hybridized carbons (Fsp3) is 0.125. The molecule has 1 heterocycles. The molecule has 0 bridgehead atoms. The first-order valence-electron chi connectivity index (χ1n) is 3.43. The molecule has 0 saturated heterocycles. The van der Waals surface area contributed by atoms with Crippen molar-refractivity contribution in [1.82, 2.24) is 4.98 Å². The summed E-state index contributed by atoms with van der Waals surface area (Å²) >= 11 is 5.46. The molecular weight excluding hydrogens is 214 g/mol. The summed E-state index contributed by atoms with van der Waals surface area (Å²) in [6.07, 6.45) is -1.62.